The Morgan fingerprint density at radius 3 is 2.86 bits per heavy atom. The average Bonchev–Trinajstić information content (AvgIpc) is 2.18. The number of nitrogens with one attached hydrogen (secondary N) is 1. The zero-order valence-electron chi connectivity index (χ0n) is 9.30. The molecule has 1 saturated heterocycles. The van der Waals surface area contributed by atoms with Crippen LogP contribution in [-0.4, -0.2) is 50.2 Å². The molecule has 4 heteroatoms. The molecule has 1 fully saturated rings. The maximum atomic E-state index is 11.8. The Labute approximate surface area is 85.6 Å². The van der Waals surface area contributed by atoms with Gasteiger partial charge in [0.2, 0.25) is 0 Å². The van der Waals surface area contributed by atoms with Crippen LogP contribution in [0.2, 0.25) is 0 Å². The molecule has 1 aliphatic heterocycles. The fourth-order valence-electron chi connectivity index (χ4n) is 2.01. The van der Waals surface area contributed by atoms with Gasteiger partial charge in [-0.25, -0.2) is 4.79 Å². The molecule has 1 rings (SSSR count). The lowest BCUT2D eigenvalue weighted by molar-refractivity contribution is -0.153. The van der Waals surface area contributed by atoms with Crippen molar-refractivity contribution in [3.8, 4) is 0 Å². The number of likely N-dealkylation sites (tertiary alicyclic amines) is 1. The van der Waals surface area contributed by atoms with Crippen molar-refractivity contribution in [2.75, 3.05) is 33.8 Å². The van der Waals surface area contributed by atoms with Crippen molar-refractivity contribution in [2.24, 2.45) is 0 Å². The van der Waals surface area contributed by atoms with E-state index in [0.29, 0.717) is 6.61 Å². The first kappa shape index (κ1) is 11.5. The monoisotopic (exact) mass is 200 g/mol. The predicted molar refractivity (Wildman–Crippen MR) is 55.2 cm³/mol. The minimum atomic E-state index is -0.483. The highest BCUT2D eigenvalue weighted by atomic mass is 16.5. The quantitative estimate of drug-likeness (QED) is 0.662. The van der Waals surface area contributed by atoms with E-state index < -0.39 is 5.54 Å². The Hall–Kier alpha value is -0.610. The predicted octanol–water partition coefficient (Wildman–Crippen LogP) is 0.233. The van der Waals surface area contributed by atoms with Gasteiger partial charge < -0.3 is 15.0 Å². The minimum Gasteiger partial charge on any atom is -0.465 e. The van der Waals surface area contributed by atoms with Gasteiger partial charge in [0.25, 0.3) is 0 Å². The Morgan fingerprint density at radius 2 is 2.36 bits per heavy atom. The van der Waals surface area contributed by atoms with E-state index in [4.69, 9.17) is 4.74 Å². The maximum Gasteiger partial charge on any atom is 0.327 e. The third kappa shape index (κ3) is 2.25. The lowest BCUT2D eigenvalue weighted by atomic mass is 9.89. The van der Waals surface area contributed by atoms with Crippen LogP contribution in [0.3, 0.4) is 0 Å². The summed E-state index contributed by atoms with van der Waals surface area (Å²) in [4.78, 5) is 13.9. The van der Waals surface area contributed by atoms with E-state index in [2.05, 4.69) is 10.2 Å². The zero-order valence-corrected chi connectivity index (χ0v) is 9.30. The van der Waals surface area contributed by atoms with Gasteiger partial charge in [-0.05, 0) is 40.4 Å². The van der Waals surface area contributed by atoms with Crippen LogP contribution in [0.25, 0.3) is 0 Å². The molecule has 1 unspecified atom stereocenters. The van der Waals surface area contributed by atoms with E-state index in [0.717, 1.165) is 25.9 Å². The molecule has 82 valence electrons. The molecule has 14 heavy (non-hydrogen) atoms. The van der Waals surface area contributed by atoms with E-state index in [1.54, 1.807) is 0 Å². The summed E-state index contributed by atoms with van der Waals surface area (Å²) in [6.07, 6.45) is 1.91. The summed E-state index contributed by atoms with van der Waals surface area (Å²) in [7, 11) is 3.86. The van der Waals surface area contributed by atoms with Gasteiger partial charge in [-0.3, -0.25) is 0 Å². The zero-order chi connectivity index (χ0) is 10.6. The summed E-state index contributed by atoms with van der Waals surface area (Å²) in [5.74, 6) is -0.117. The number of hydrogen-bond acceptors (Lipinski definition) is 4. The van der Waals surface area contributed by atoms with Crippen LogP contribution < -0.4 is 5.32 Å². The molecule has 1 aliphatic rings. The number of hydrogen-bond donors (Lipinski definition) is 1. The summed E-state index contributed by atoms with van der Waals surface area (Å²) in [6, 6.07) is 0. The van der Waals surface area contributed by atoms with Crippen LogP contribution >= 0.6 is 0 Å². The average molecular weight is 200 g/mol. The van der Waals surface area contributed by atoms with E-state index >= 15 is 0 Å². The molecule has 1 N–H and O–H groups in total. The Balaban J connectivity index is 2.68. The van der Waals surface area contributed by atoms with Gasteiger partial charge in [-0.15, -0.1) is 0 Å². The van der Waals surface area contributed by atoms with Crippen LogP contribution in [0.4, 0.5) is 0 Å². The summed E-state index contributed by atoms with van der Waals surface area (Å²) in [5.41, 5.74) is -0.483. The van der Waals surface area contributed by atoms with Gasteiger partial charge in [-0.1, -0.05) is 0 Å². The van der Waals surface area contributed by atoms with Gasteiger partial charge in [0, 0.05) is 6.54 Å². The van der Waals surface area contributed by atoms with Crippen LogP contribution in [0, 0.1) is 0 Å². The Bertz CT molecular complexity index is 208. The van der Waals surface area contributed by atoms with Gasteiger partial charge >= 0.3 is 5.97 Å². The van der Waals surface area contributed by atoms with Crippen molar-refractivity contribution in [1.82, 2.24) is 10.2 Å². The molecule has 0 aliphatic carbocycles. The number of nitrogens with zero attached hydrogens (tertiary/aromatic N) is 1. The number of ether oxygens (including phenoxy) is 1. The Morgan fingerprint density at radius 1 is 1.64 bits per heavy atom. The summed E-state index contributed by atoms with van der Waals surface area (Å²) >= 11 is 0. The maximum absolute atomic E-state index is 11.8. The molecule has 0 aromatic carbocycles. The first-order valence-corrected chi connectivity index (χ1v) is 5.19. The normalized spacial score (nSPS) is 28.8. The number of esters is 1. The lowest BCUT2D eigenvalue weighted by Crippen LogP contribution is -2.60. The lowest BCUT2D eigenvalue weighted by Gasteiger charge is -2.39. The van der Waals surface area contributed by atoms with Crippen LogP contribution in [0.15, 0.2) is 0 Å². The van der Waals surface area contributed by atoms with E-state index in [-0.39, 0.29) is 5.97 Å². The molecule has 0 aromatic rings. The van der Waals surface area contributed by atoms with E-state index in [1.807, 2.05) is 21.0 Å². The molecule has 4 nitrogen and oxygen atoms in total. The molecular formula is C10H20N2O2. The molecule has 1 heterocycles. The molecule has 0 radical (unpaired) electrons. The van der Waals surface area contributed by atoms with E-state index in [9.17, 15) is 4.79 Å². The minimum absolute atomic E-state index is 0.117. The topological polar surface area (TPSA) is 41.6 Å². The highest BCUT2D eigenvalue weighted by Gasteiger charge is 2.41. The second-order valence-electron chi connectivity index (χ2n) is 3.89. The van der Waals surface area contributed by atoms with Gasteiger partial charge in [-0.2, -0.15) is 0 Å². The second kappa shape index (κ2) is 4.75. The van der Waals surface area contributed by atoms with Crippen molar-refractivity contribution in [3.05, 3.63) is 0 Å². The molecule has 0 aromatic heterocycles. The second-order valence-corrected chi connectivity index (χ2v) is 3.89. The third-order valence-electron chi connectivity index (χ3n) is 2.83. The molecular weight excluding hydrogens is 180 g/mol. The number of rotatable bonds is 3. The number of carbonyl (C=O) groups excluding carboxylic acids is 1. The number of carbonyl (C=O) groups is 1. The van der Waals surface area contributed by atoms with Crippen LogP contribution in [-0.2, 0) is 9.53 Å². The number of likely N-dealkylation sites (N-methyl/N-ethyl adjacent to an activating group) is 2. The fourth-order valence-corrected chi connectivity index (χ4v) is 2.01. The first-order valence-electron chi connectivity index (χ1n) is 5.19. The highest BCUT2D eigenvalue weighted by molar-refractivity contribution is 5.81. The molecule has 0 amide bonds. The van der Waals surface area contributed by atoms with Crippen LogP contribution in [0.5, 0.6) is 0 Å². The molecule has 0 spiro atoms. The van der Waals surface area contributed by atoms with Crippen molar-refractivity contribution in [3.63, 3.8) is 0 Å². The van der Waals surface area contributed by atoms with Crippen molar-refractivity contribution in [2.45, 2.75) is 25.3 Å². The standard InChI is InChI=1S/C10H20N2O2/c1-4-14-9(13)10(11-2)6-5-7-12(3)8-10/h11H,4-8H2,1-3H3. The van der Waals surface area contributed by atoms with Gasteiger partial charge in [0.15, 0.2) is 0 Å². The Kier molecular flexibility index (Phi) is 3.89. The van der Waals surface area contributed by atoms with Crippen molar-refractivity contribution in [1.29, 1.82) is 0 Å². The van der Waals surface area contributed by atoms with Gasteiger partial charge in [0.1, 0.15) is 5.54 Å². The third-order valence-corrected chi connectivity index (χ3v) is 2.83. The smallest absolute Gasteiger partial charge is 0.327 e. The summed E-state index contributed by atoms with van der Waals surface area (Å²) < 4.78 is 5.10. The fraction of sp³-hybridized carbons (Fsp3) is 0.900. The van der Waals surface area contributed by atoms with Crippen molar-refractivity contribution < 1.29 is 9.53 Å². The largest absolute Gasteiger partial charge is 0.465 e. The van der Waals surface area contributed by atoms with Gasteiger partial charge in [0.05, 0.1) is 6.61 Å². The summed E-state index contributed by atoms with van der Waals surface area (Å²) in [6.45, 7) is 4.09. The van der Waals surface area contributed by atoms with Crippen LogP contribution in [0.1, 0.15) is 19.8 Å². The SMILES string of the molecule is CCOC(=O)C1(NC)CCCN(C)C1. The summed E-state index contributed by atoms with van der Waals surface area (Å²) in [5, 5.41) is 3.12. The first-order chi connectivity index (χ1) is 6.64. The molecule has 0 bridgehead atoms. The molecule has 0 saturated carbocycles. The van der Waals surface area contributed by atoms with Crippen molar-refractivity contribution >= 4 is 5.97 Å². The molecule has 1 atom stereocenters. The highest BCUT2D eigenvalue weighted by Crippen LogP contribution is 2.21. The number of piperidine rings is 1. The van der Waals surface area contributed by atoms with E-state index in [1.165, 1.54) is 0 Å².